The first-order valence-electron chi connectivity index (χ1n) is 8.80. The van der Waals surface area contributed by atoms with Crippen molar-refractivity contribution in [3.05, 3.63) is 42.0 Å². The van der Waals surface area contributed by atoms with Crippen LogP contribution in [0.2, 0.25) is 0 Å². The minimum atomic E-state index is -3.95. The molecule has 2 aromatic carbocycles. The Labute approximate surface area is 173 Å². The second-order valence-electron chi connectivity index (χ2n) is 6.26. The normalized spacial score (nSPS) is 14.3. The summed E-state index contributed by atoms with van der Waals surface area (Å²) in [7, 11) is -1.07. The molecule has 1 fully saturated rings. The van der Waals surface area contributed by atoms with Crippen LogP contribution >= 0.6 is 11.8 Å². The largest absolute Gasteiger partial charge is 0.493 e. The SMILES string of the molecule is COc1ccc(S(=O)(=O)Nc2ccc(N3CCSCC3)c(C(=O)O)c2)cc1OC. The summed E-state index contributed by atoms with van der Waals surface area (Å²) >= 11 is 1.82. The predicted molar refractivity (Wildman–Crippen MR) is 113 cm³/mol. The van der Waals surface area contributed by atoms with E-state index in [0.29, 0.717) is 11.4 Å². The van der Waals surface area contributed by atoms with Crippen LogP contribution < -0.4 is 19.1 Å². The van der Waals surface area contributed by atoms with Gasteiger partial charge in [0.05, 0.1) is 30.4 Å². The molecule has 3 rings (SSSR count). The monoisotopic (exact) mass is 438 g/mol. The highest BCUT2D eigenvalue weighted by molar-refractivity contribution is 7.99. The number of hydrogen-bond acceptors (Lipinski definition) is 7. The van der Waals surface area contributed by atoms with E-state index in [9.17, 15) is 18.3 Å². The Morgan fingerprint density at radius 1 is 1.07 bits per heavy atom. The average Bonchev–Trinajstić information content (AvgIpc) is 2.73. The van der Waals surface area contributed by atoms with E-state index in [1.807, 2.05) is 16.7 Å². The van der Waals surface area contributed by atoms with E-state index < -0.39 is 16.0 Å². The number of thioether (sulfide) groups is 1. The van der Waals surface area contributed by atoms with Crippen molar-refractivity contribution in [2.24, 2.45) is 0 Å². The summed E-state index contributed by atoms with van der Waals surface area (Å²) in [5.74, 6) is 1.42. The van der Waals surface area contributed by atoms with Gasteiger partial charge in [-0.15, -0.1) is 0 Å². The van der Waals surface area contributed by atoms with Crippen LogP contribution in [0, 0.1) is 0 Å². The molecule has 0 radical (unpaired) electrons. The van der Waals surface area contributed by atoms with Crippen molar-refractivity contribution in [2.75, 3.05) is 48.4 Å². The molecule has 0 spiro atoms. The molecular formula is C19H22N2O6S2. The zero-order valence-corrected chi connectivity index (χ0v) is 17.7. The van der Waals surface area contributed by atoms with Gasteiger partial charge in [-0.3, -0.25) is 4.72 Å². The van der Waals surface area contributed by atoms with Crippen molar-refractivity contribution in [1.82, 2.24) is 0 Å². The number of rotatable bonds is 7. The zero-order chi connectivity index (χ0) is 21.0. The summed E-state index contributed by atoms with van der Waals surface area (Å²) in [5, 5.41) is 9.62. The lowest BCUT2D eigenvalue weighted by Crippen LogP contribution is -2.33. The molecule has 1 heterocycles. The van der Waals surface area contributed by atoms with E-state index in [2.05, 4.69) is 4.72 Å². The molecule has 1 aliphatic rings. The summed E-state index contributed by atoms with van der Waals surface area (Å²) in [6.07, 6.45) is 0. The highest BCUT2D eigenvalue weighted by atomic mass is 32.2. The molecule has 0 atom stereocenters. The maximum absolute atomic E-state index is 12.8. The lowest BCUT2D eigenvalue weighted by atomic mass is 10.1. The molecule has 0 aromatic heterocycles. The first-order chi connectivity index (χ1) is 13.9. The van der Waals surface area contributed by atoms with Crippen LogP contribution in [0.25, 0.3) is 0 Å². The quantitative estimate of drug-likeness (QED) is 0.680. The number of sulfonamides is 1. The summed E-state index contributed by atoms with van der Waals surface area (Å²) in [5.41, 5.74) is 0.823. The Morgan fingerprint density at radius 2 is 1.76 bits per heavy atom. The second-order valence-corrected chi connectivity index (χ2v) is 9.17. The smallest absolute Gasteiger partial charge is 0.337 e. The van der Waals surface area contributed by atoms with Crippen molar-refractivity contribution >= 4 is 39.1 Å². The number of nitrogens with zero attached hydrogens (tertiary/aromatic N) is 1. The number of carboxylic acid groups (broad SMARTS) is 1. The number of methoxy groups -OCH3 is 2. The molecule has 29 heavy (non-hydrogen) atoms. The highest BCUT2D eigenvalue weighted by Crippen LogP contribution is 2.31. The Balaban J connectivity index is 1.91. The van der Waals surface area contributed by atoms with Crippen LogP contribution in [0.4, 0.5) is 11.4 Å². The number of aromatic carboxylic acids is 1. The summed E-state index contributed by atoms with van der Waals surface area (Å²) < 4.78 is 38.3. The summed E-state index contributed by atoms with van der Waals surface area (Å²) in [6, 6.07) is 8.79. The van der Waals surface area contributed by atoms with Gasteiger partial charge in [-0.2, -0.15) is 11.8 Å². The van der Waals surface area contributed by atoms with Crippen LogP contribution in [-0.2, 0) is 10.0 Å². The maximum atomic E-state index is 12.8. The van der Waals surface area contributed by atoms with E-state index in [4.69, 9.17) is 9.47 Å². The van der Waals surface area contributed by atoms with Gasteiger partial charge in [0.15, 0.2) is 11.5 Å². The van der Waals surface area contributed by atoms with Gasteiger partial charge >= 0.3 is 5.97 Å². The van der Waals surface area contributed by atoms with Gasteiger partial charge in [0.2, 0.25) is 0 Å². The number of ether oxygens (including phenoxy) is 2. The Hall–Kier alpha value is -2.59. The van der Waals surface area contributed by atoms with Crippen LogP contribution in [0.15, 0.2) is 41.3 Å². The third-order valence-electron chi connectivity index (χ3n) is 4.50. The fraction of sp³-hybridized carbons (Fsp3) is 0.316. The minimum absolute atomic E-state index is 0.0239. The zero-order valence-electron chi connectivity index (χ0n) is 16.0. The fourth-order valence-corrected chi connectivity index (χ4v) is 5.02. The number of carbonyl (C=O) groups is 1. The fourth-order valence-electron chi connectivity index (χ4n) is 3.05. The second kappa shape index (κ2) is 8.83. The van der Waals surface area contributed by atoms with Crippen molar-refractivity contribution in [1.29, 1.82) is 0 Å². The van der Waals surface area contributed by atoms with Crippen LogP contribution in [0.1, 0.15) is 10.4 Å². The topological polar surface area (TPSA) is 105 Å². The van der Waals surface area contributed by atoms with Crippen molar-refractivity contribution in [3.8, 4) is 11.5 Å². The molecule has 0 saturated carbocycles. The molecule has 2 N–H and O–H groups in total. The number of anilines is 2. The lowest BCUT2D eigenvalue weighted by molar-refractivity contribution is 0.0697. The third-order valence-corrected chi connectivity index (χ3v) is 6.82. The first kappa shape index (κ1) is 21.1. The number of carboxylic acids is 1. The molecule has 0 aliphatic carbocycles. The van der Waals surface area contributed by atoms with Gasteiger partial charge < -0.3 is 19.5 Å². The average molecular weight is 439 g/mol. The van der Waals surface area contributed by atoms with Crippen molar-refractivity contribution < 1.29 is 27.8 Å². The van der Waals surface area contributed by atoms with Crippen LogP contribution in [0.3, 0.4) is 0 Å². The minimum Gasteiger partial charge on any atom is -0.493 e. The van der Waals surface area contributed by atoms with E-state index in [-0.39, 0.29) is 21.9 Å². The van der Waals surface area contributed by atoms with Crippen LogP contribution in [0.5, 0.6) is 11.5 Å². The van der Waals surface area contributed by atoms with Gasteiger partial charge in [0, 0.05) is 36.3 Å². The van der Waals surface area contributed by atoms with Gasteiger partial charge in [-0.05, 0) is 30.3 Å². The predicted octanol–water partition coefficient (Wildman–Crippen LogP) is 2.76. The molecule has 156 valence electrons. The molecule has 0 amide bonds. The first-order valence-corrected chi connectivity index (χ1v) is 11.4. The number of hydrogen-bond donors (Lipinski definition) is 2. The van der Waals surface area contributed by atoms with Crippen LogP contribution in [-0.4, -0.2) is 58.3 Å². The Kier molecular flexibility index (Phi) is 6.43. The highest BCUT2D eigenvalue weighted by Gasteiger charge is 2.21. The number of nitrogens with one attached hydrogen (secondary N) is 1. The molecule has 2 aromatic rings. The standard InChI is InChI=1S/C19H22N2O6S2/c1-26-17-6-4-14(12-18(17)27-2)29(24,25)20-13-3-5-16(15(11-13)19(22)23)21-7-9-28-10-8-21/h3-6,11-12,20H,7-10H2,1-2H3,(H,22,23). The lowest BCUT2D eigenvalue weighted by Gasteiger charge is -2.29. The number of benzene rings is 2. The molecule has 0 unspecified atom stereocenters. The van der Waals surface area contributed by atoms with E-state index >= 15 is 0 Å². The van der Waals surface area contributed by atoms with Crippen molar-refractivity contribution in [2.45, 2.75) is 4.90 Å². The van der Waals surface area contributed by atoms with E-state index in [0.717, 1.165) is 24.6 Å². The Morgan fingerprint density at radius 3 is 2.38 bits per heavy atom. The molecule has 1 saturated heterocycles. The van der Waals surface area contributed by atoms with E-state index in [1.165, 1.54) is 38.5 Å². The van der Waals surface area contributed by atoms with Crippen molar-refractivity contribution in [3.63, 3.8) is 0 Å². The van der Waals surface area contributed by atoms with Gasteiger partial charge in [0.1, 0.15) is 0 Å². The molecule has 1 aliphatic heterocycles. The summed E-state index contributed by atoms with van der Waals surface area (Å²) in [4.78, 5) is 13.7. The molecule has 8 nitrogen and oxygen atoms in total. The Bertz CT molecular complexity index is 1000. The van der Waals surface area contributed by atoms with E-state index in [1.54, 1.807) is 12.1 Å². The summed E-state index contributed by atoms with van der Waals surface area (Å²) in [6.45, 7) is 1.50. The maximum Gasteiger partial charge on any atom is 0.337 e. The molecule has 0 bridgehead atoms. The molecular weight excluding hydrogens is 416 g/mol. The van der Waals surface area contributed by atoms with Gasteiger partial charge in [0.25, 0.3) is 10.0 Å². The third kappa shape index (κ3) is 4.70. The van der Waals surface area contributed by atoms with Gasteiger partial charge in [-0.1, -0.05) is 0 Å². The molecule has 10 heteroatoms. The van der Waals surface area contributed by atoms with Gasteiger partial charge in [-0.25, -0.2) is 13.2 Å².